The summed E-state index contributed by atoms with van der Waals surface area (Å²) in [6.07, 6.45) is 6.44. The Balaban J connectivity index is 1.34. The molecular weight excluding hydrogens is 518 g/mol. The van der Waals surface area contributed by atoms with Crippen molar-refractivity contribution < 1.29 is 14.5 Å². The van der Waals surface area contributed by atoms with Crippen LogP contribution in [0.4, 0.5) is 17.1 Å². The standard InChI is InChI=1S/C32H31N5O4/c38-31(26-9-4-10-28(19-26)37(40)41)35-27-11-12-30(29(20-27)32(39)34-22-25-8-5-15-33-21-25)36-16-13-24(14-17-36)18-23-6-2-1-3-7-23/h1-12,15,19-21,24H,13-14,16-18,22H2,(H,34,39)(H,35,38). The minimum atomic E-state index is -0.542. The molecule has 41 heavy (non-hydrogen) atoms. The fourth-order valence-electron chi connectivity index (χ4n) is 5.14. The summed E-state index contributed by atoms with van der Waals surface area (Å²) in [5, 5.41) is 16.9. The lowest BCUT2D eigenvalue weighted by Gasteiger charge is -2.35. The Morgan fingerprint density at radius 1 is 0.902 bits per heavy atom. The fourth-order valence-corrected chi connectivity index (χ4v) is 5.14. The number of nitrogens with zero attached hydrogens (tertiary/aromatic N) is 3. The van der Waals surface area contributed by atoms with Crippen molar-refractivity contribution in [3.63, 3.8) is 0 Å². The van der Waals surface area contributed by atoms with E-state index in [9.17, 15) is 19.7 Å². The van der Waals surface area contributed by atoms with Crippen LogP contribution in [0.1, 0.15) is 44.7 Å². The fraction of sp³-hybridized carbons (Fsp3) is 0.219. The van der Waals surface area contributed by atoms with Crippen molar-refractivity contribution in [1.29, 1.82) is 0 Å². The number of carbonyl (C=O) groups excluding carboxylic acids is 2. The van der Waals surface area contributed by atoms with Crippen molar-refractivity contribution in [1.82, 2.24) is 10.3 Å². The van der Waals surface area contributed by atoms with E-state index in [1.54, 1.807) is 24.5 Å². The van der Waals surface area contributed by atoms with E-state index in [1.807, 2.05) is 24.3 Å². The summed E-state index contributed by atoms with van der Waals surface area (Å²) in [6, 6.07) is 25.0. The number of carbonyl (C=O) groups is 2. The third-order valence-corrected chi connectivity index (χ3v) is 7.32. The molecule has 1 aromatic heterocycles. The van der Waals surface area contributed by atoms with E-state index >= 15 is 0 Å². The number of nitro benzene ring substituents is 1. The average molecular weight is 550 g/mol. The smallest absolute Gasteiger partial charge is 0.270 e. The van der Waals surface area contributed by atoms with Crippen molar-refractivity contribution >= 4 is 28.9 Å². The van der Waals surface area contributed by atoms with Crippen LogP contribution >= 0.6 is 0 Å². The normalized spacial score (nSPS) is 13.4. The lowest BCUT2D eigenvalue weighted by atomic mass is 9.89. The molecule has 1 aliphatic rings. The number of non-ortho nitro benzene ring substituents is 1. The number of nitro groups is 1. The van der Waals surface area contributed by atoms with E-state index in [2.05, 4.69) is 44.8 Å². The van der Waals surface area contributed by atoms with Crippen LogP contribution in [0.15, 0.2) is 97.3 Å². The molecule has 9 nitrogen and oxygen atoms in total. The molecule has 1 aliphatic heterocycles. The third kappa shape index (κ3) is 7.13. The van der Waals surface area contributed by atoms with Crippen molar-refractivity contribution in [2.75, 3.05) is 23.3 Å². The van der Waals surface area contributed by atoms with Gasteiger partial charge in [0.15, 0.2) is 0 Å². The summed E-state index contributed by atoms with van der Waals surface area (Å²) in [7, 11) is 0. The first-order valence-corrected chi connectivity index (χ1v) is 13.6. The highest BCUT2D eigenvalue weighted by Crippen LogP contribution is 2.30. The molecule has 0 spiro atoms. The van der Waals surface area contributed by atoms with E-state index in [4.69, 9.17) is 0 Å². The van der Waals surface area contributed by atoms with Crippen LogP contribution in [-0.4, -0.2) is 34.8 Å². The van der Waals surface area contributed by atoms with Crippen molar-refractivity contribution in [2.45, 2.75) is 25.8 Å². The molecular formula is C32H31N5O4. The predicted octanol–water partition coefficient (Wildman–Crippen LogP) is 5.63. The quantitative estimate of drug-likeness (QED) is 0.206. The summed E-state index contributed by atoms with van der Waals surface area (Å²) in [4.78, 5) is 43.3. The van der Waals surface area contributed by atoms with E-state index in [1.165, 1.54) is 29.8 Å². The molecule has 208 valence electrons. The van der Waals surface area contributed by atoms with Crippen LogP contribution in [0.5, 0.6) is 0 Å². The highest BCUT2D eigenvalue weighted by molar-refractivity contribution is 6.06. The SMILES string of the molecule is O=C(Nc1ccc(N2CCC(Cc3ccccc3)CC2)c(C(=O)NCc2cccnc2)c1)c1cccc([N+](=O)[O-])c1. The molecule has 2 heterocycles. The Morgan fingerprint density at radius 2 is 1.68 bits per heavy atom. The van der Waals surface area contributed by atoms with Crippen molar-refractivity contribution in [2.24, 2.45) is 5.92 Å². The maximum Gasteiger partial charge on any atom is 0.270 e. The number of benzene rings is 3. The van der Waals surface area contributed by atoms with Crippen LogP contribution in [0.2, 0.25) is 0 Å². The van der Waals surface area contributed by atoms with Crippen LogP contribution in [0.25, 0.3) is 0 Å². The Hall–Kier alpha value is -5.05. The lowest BCUT2D eigenvalue weighted by molar-refractivity contribution is -0.384. The zero-order valence-electron chi connectivity index (χ0n) is 22.5. The van der Waals surface area contributed by atoms with E-state index in [0.29, 0.717) is 23.7 Å². The molecule has 0 aliphatic carbocycles. The second kappa shape index (κ2) is 12.9. The summed E-state index contributed by atoms with van der Waals surface area (Å²) >= 11 is 0. The number of hydrogen-bond acceptors (Lipinski definition) is 6. The van der Waals surface area contributed by atoms with Gasteiger partial charge in [-0.3, -0.25) is 24.7 Å². The summed E-state index contributed by atoms with van der Waals surface area (Å²) in [5.74, 6) is -0.184. The lowest BCUT2D eigenvalue weighted by Crippen LogP contribution is -2.36. The maximum atomic E-state index is 13.5. The number of piperidine rings is 1. The van der Waals surface area contributed by atoms with Gasteiger partial charge < -0.3 is 15.5 Å². The first-order chi connectivity index (χ1) is 20.0. The zero-order valence-corrected chi connectivity index (χ0v) is 22.5. The number of anilines is 2. The van der Waals surface area contributed by atoms with Crippen LogP contribution in [0, 0.1) is 16.0 Å². The molecule has 2 amide bonds. The van der Waals surface area contributed by atoms with Gasteiger partial charge in [0.05, 0.1) is 10.5 Å². The predicted molar refractivity (Wildman–Crippen MR) is 158 cm³/mol. The number of hydrogen-bond donors (Lipinski definition) is 2. The molecule has 0 unspecified atom stereocenters. The molecule has 0 saturated carbocycles. The van der Waals surface area contributed by atoms with Crippen molar-refractivity contribution in [3.8, 4) is 0 Å². The molecule has 3 aromatic carbocycles. The van der Waals surface area contributed by atoms with Gasteiger partial charge in [0.25, 0.3) is 17.5 Å². The van der Waals surface area contributed by atoms with Crippen LogP contribution in [0.3, 0.4) is 0 Å². The van der Waals surface area contributed by atoms with Gasteiger partial charge in [-0.1, -0.05) is 42.5 Å². The highest BCUT2D eigenvalue weighted by Gasteiger charge is 2.24. The minimum Gasteiger partial charge on any atom is -0.371 e. The molecule has 0 atom stereocenters. The molecule has 1 saturated heterocycles. The zero-order chi connectivity index (χ0) is 28.6. The molecule has 0 radical (unpaired) electrons. The molecule has 4 aromatic rings. The summed E-state index contributed by atoms with van der Waals surface area (Å²) < 4.78 is 0. The summed E-state index contributed by atoms with van der Waals surface area (Å²) in [6.45, 7) is 1.95. The largest absolute Gasteiger partial charge is 0.371 e. The van der Waals surface area contributed by atoms with E-state index in [-0.39, 0.29) is 17.2 Å². The van der Waals surface area contributed by atoms with Crippen LogP contribution in [-0.2, 0) is 13.0 Å². The van der Waals surface area contributed by atoms with E-state index in [0.717, 1.165) is 43.6 Å². The van der Waals surface area contributed by atoms with Gasteiger partial charge in [-0.2, -0.15) is 0 Å². The monoisotopic (exact) mass is 549 g/mol. The number of rotatable bonds is 9. The Morgan fingerprint density at radius 3 is 2.41 bits per heavy atom. The number of amides is 2. The topological polar surface area (TPSA) is 117 Å². The number of nitrogens with one attached hydrogen (secondary N) is 2. The Kier molecular flexibility index (Phi) is 8.64. The van der Waals surface area contributed by atoms with Gasteiger partial charge in [0.2, 0.25) is 0 Å². The first kappa shape index (κ1) is 27.5. The average Bonchev–Trinajstić information content (AvgIpc) is 3.01. The van der Waals surface area contributed by atoms with E-state index < -0.39 is 10.8 Å². The second-order valence-electron chi connectivity index (χ2n) is 10.2. The Labute approximate surface area is 238 Å². The van der Waals surface area contributed by atoms with Gasteiger partial charge in [-0.05, 0) is 66.6 Å². The summed E-state index contributed by atoms with van der Waals surface area (Å²) in [5.41, 5.74) is 3.89. The highest BCUT2D eigenvalue weighted by atomic mass is 16.6. The molecule has 2 N–H and O–H groups in total. The van der Waals surface area contributed by atoms with Gasteiger partial charge in [-0.25, -0.2) is 0 Å². The molecule has 9 heteroatoms. The molecule has 0 bridgehead atoms. The van der Waals surface area contributed by atoms with Crippen LogP contribution < -0.4 is 15.5 Å². The number of pyridine rings is 1. The van der Waals surface area contributed by atoms with Gasteiger partial charge >= 0.3 is 0 Å². The minimum absolute atomic E-state index is 0.159. The molecule has 5 rings (SSSR count). The first-order valence-electron chi connectivity index (χ1n) is 13.6. The van der Waals surface area contributed by atoms with Gasteiger partial charge in [-0.15, -0.1) is 0 Å². The van der Waals surface area contributed by atoms with Gasteiger partial charge in [0, 0.05) is 61.1 Å². The second-order valence-corrected chi connectivity index (χ2v) is 10.2. The van der Waals surface area contributed by atoms with Gasteiger partial charge in [0.1, 0.15) is 0 Å². The maximum absolute atomic E-state index is 13.5. The number of aromatic nitrogens is 1. The van der Waals surface area contributed by atoms with Crippen molar-refractivity contribution in [3.05, 3.63) is 130 Å². The Bertz CT molecular complexity index is 1520. The molecule has 1 fully saturated rings. The third-order valence-electron chi connectivity index (χ3n) is 7.32.